The molecule has 2 aliphatic heterocycles. The number of aliphatic imine (C=N–C) groups is 1. The lowest BCUT2D eigenvalue weighted by atomic mass is 10.2. The first kappa shape index (κ1) is 25.1. The number of piperazine rings is 1. The molecule has 6 nitrogen and oxygen atoms in total. The number of rotatable bonds is 6. The van der Waals surface area contributed by atoms with Crippen LogP contribution in [0.2, 0.25) is 0 Å². The monoisotopic (exact) mass is 536 g/mol. The number of hydrogen-bond donors (Lipinski definition) is 2. The lowest BCUT2D eigenvalue weighted by Crippen LogP contribution is -2.53. The third kappa shape index (κ3) is 6.40. The van der Waals surface area contributed by atoms with E-state index >= 15 is 0 Å². The fourth-order valence-electron chi connectivity index (χ4n) is 4.15. The third-order valence-corrected chi connectivity index (χ3v) is 6.05. The Balaban J connectivity index is 0.00000320. The zero-order valence-corrected chi connectivity index (χ0v) is 20.5. The Kier molecular flexibility index (Phi) is 10.0. The highest BCUT2D eigenvalue weighted by atomic mass is 127. The molecule has 0 bridgehead atoms. The Morgan fingerprint density at radius 1 is 1.17 bits per heavy atom. The van der Waals surface area contributed by atoms with E-state index in [-0.39, 0.29) is 35.7 Å². The number of benzene rings is 1. The minimum atomic E-state index is -0.509. The van der Waals surface area contributed by atoms with Crippen LogP contribution in [0.3, 0.4) is 0 Å². The van der Waals surface area contributed by atoms with Crippen molar-refractivity contribution in [1.82, 2.24) is 20.4 Å². The van der Waals surface area contributed by atoms with Crippen molar-refractivity contribution in [3.63, 3.8) is 0 Å². The van der Waals surface area contributed by atoms with Gasteiger partial charge in [-0.2, -0.15) is 0 Å². The first-order chi connectivity index (χ1) is 14.0. The molecule has 2 fully saturated rings. The highest BCUT2D eigenvalue weighted by Crippen LogP contribution is 2.26. The van der Waals surface area contributed by atoms with Gasteiger partial charge >= 0.3 is 0 Å². The molecule has 2 aliphatic rings. The van der Waals surface area contributed by atoms with Crippen LogP contribution in [0.1, 0.15) is 20.3 Å². The molecule has 30 heavy (non-hydrogen) atoms. The van der Waals surface area contributed by atoms with Crippen LogP contribution in [0.4, 0.5) is 14.5 Å². The Hall–Kier alpha value is -1.20. The fraction of sp³-hybridized carbons (Fsp3) is 0.667. The van der Waals surface area contributed by atoms with E-state index in [1.54, 1.807) is 11.9 Å². The number of likely N-dealkylation sites (N-methyl/N-ethyl adjacent to an activating group) is 1. The van der Waals surface area contributed by atoms with Crippen molar-refractivity contribution in [2.75, 3.05) is 64.3 Å². The second-order valence-corrected chi connectivity index (χ2v) is 7.92. The molecule has 0 radical (unpaired) electrons. The molecule has 1 aromatic carbocycles. The fourth-order valence-corrected chi connectivity index (χ4v) is 4.15. The number of guanidine groups is 1. The van der Waals surface area contributed by atoms with Crippen molar-refractivity contribution in [3.05, 3.63) is 29.8 Å². The van der Waals surface area contributed by atoms with E-state index in [4.69, 9.17) is 0 Å². The van der Waals surface area contributed by atoms with Crippen molar-refractivity contribution in [1.29, 1.82) is 0 Å². The minimum absolute atomic E-state index is 0. The van der Waals surface area contributed by atoms with E-state index in [0.717, 1.165) is 51.6 Å². The summed E-state index contributed by atoms with van der Waals surface area (Å²) in [5.74, 6) is -0.278. The number of anilines is 1. The number of halogens is 3. The molecular weight excluding hydrogens is 501 g/mol. The van der Waals surface area contributed by atoms with Crippen molar-refractivity contribution in [2.24, 2.45) is 4.99 Å². The molecule has 0 aromatic heterocycles. The van der Waals surface area contributed by atoms with E-state index < -0.39 is 11.6 Å². The number of nitrogens with one attached hydrogen (secondary N) is 2. The minimum Gasteiger partial charge on any atom is -0.365 e. The van der Waals surface area contributed by atoms with Crippen LogP contribution < -0.4 is 15.5 Å². The molecule has 9 heteroatoms. The van der Waals surface area contributed by atoms with Crippen LogP contribution >= 0.6 is 24.0 Å². The van der Waals surface area contributed by atoms with Crippen molar-refractivity contribution in [3.8, 4) is 0 Å². The molecule has 0 amide bonds. The van der Waals surface area contributed by atoms with Crippen LogP contribution in [-0.2, 0) is 0 Å². The zero-order chi connectivity index (χ0) is 20.8. The quantitative estimate of drug-likeness (QED) is 0.332. The molecule has 170 valence electrons. The molecule has 3 rings (SSSR count). The Morgan fingerprint density at radius 2 is 1.83 bits per heavy atom. The van der Waals surface area contributed by atoms with Gasteiger partial charge in [0, 0.05) is 64.9 Å². The van der Waals surface area contributed by atoms with Gasteiger partial charge in [-0.05, 0) is 32.0 Å². The normalized spacial score (nSPS) is 22.0. The van der Waals surface area contributed by atoms with Crippen molar-refractivity contribution >= 4 is 35.6 Å². The second-order valence-electron chi connectivity index (χ2n) is 7.92. The third-order valence-electron chi connectivity index (χ3n) is 6.05. The molecule has 2 unspecified atom stereocenters. The van der Waals surface area contributed by atoms with Crippen LogP contribution in [-0.4, -0.2) is 87.2 Å². The zero-order valence-electron chi connectivity index (χ0n) is 18.2. The Labute approximate surface area is 196 Å². The maximum atomic E-state index is 14.0. The number of hydrogen-bond acceptors (Lipinski definition) is 4. The standard InChI is InChI=1S/C21H34F2N6.HI/c1-4-27-10-12-28(13-11-27)16(2)14-25-21(24-3)26-17-8-9-29(15-17)20-18(22)6-5-7-19(20)23;/h5-7,16-17H,4,8-15H2,1-3H3,(H2,24,25,26);1H. The predicted octanol–water partition coefficient (Wildman–Crippen LogP) is 2.35. The van der Waals surface area contributed by atoms with Gasteiger partial charge in [-0.25, -0.2) is 8.78 Å². The van der Waals surface area contributed by atoms with Crippen LogP contribution in [0, 0.1) is 11.6 Å². The van der Waals surface area contributed by atoms with Gasteiger partial charge in [-0.15, -0.1) is 24.0 Å². The molecule has 0 aliphatic carbocycles. The van der Waals surface area contributed by atoms with Gasteiger partial charge < -0.3 is 20.4 Å². The van der Waals surface area contributed by atoms with E-state index in [9.17, 15) is 8.78 Å². The predicted molar refractivity (Wildman–Crippen MR) is 130 cm³/mol. The Bertz CT molecular complexity index is 676. The summed E-state index contributed by atoms with van der Waals surface area (Å²) in [5.41, 5.74) is 0.0691. The van der Waals surface area contributed by atoms with Crippen LogP contribution in [0.5, 0.6) is 0 Å². The van der Waals surface area contributed by atoms with Gasteiger partial charge in [0.2, 0.25) is 0 Å². The largest absolute Gasteiger partial charge is 0.365 e. The summed E-state index contributed by atoms with van der Waals surface area (Å²) in [4.78, 5) is 11.1. The van der Waals surface area contributed by atoms with Gasteiger partial charge in [0.05, 0.1) is 0 Å². The van der Waals surface area contributed by atoms with Crippen molar-refractivity contribution in [2.45, 2.75) is 32.4 Å². The van der Waals surface area contributed by atoms with Gasteiger partial charge in [0.1, 0.15) is 17.3 Å². The summed E-state index contributed by atoms with van der Waals surface area (Å²) in [6, 6.07) is 4.53. The first-order valence-corrected chi connectivity index (χ1v) is 10.6. The molecule has 2 atom stereocenters. The SMILES string of the molecule is CCN1CCN(C(C)CNC(=NC)NC2CCN(c3c(F)cccc3F)C2)CC1.I. The summed E-state index contributed by atoms with van der Waals surface area (Å²) in [6.07, 6.45) is 0.809. The maximum Gasteiger partial charge on any atom is 0.191 e. The molecule has 0 spiro atoms. The smallest absolute Gasteiger partial charge is 0.191 e. The van der Waals surface area contributed by atoms with Crippen LogP contribution in [0.15, 0.2) is 23.2 Å². The van der Waals surface area contributed by atoms with Gasteiger partial charge in [-0.1, -0.05) is 13.0 Å². The lowest BCUT2D eigenvalue weighted by molar-refractivity contribution is 0.107. The van der Waals surface area contributed by atoms with E-state index in [1.807, 2.05) is 0 Å². The molecule has 2 saturated heterocycles. The maximum absolute atomic E-state index is 14.0. The highest BCUT2D eigenvalue weighted by Gasteiger charge is 2.27. The van der Waals surface area contributed by atoms with E-state index in [1.165, 1.54) is 18.2 Å². The van der Waals surface area contributed by atoms with E-state index in [0.29, 0.717) is 19.1 Å². The highest BCUT2D eigenvalue weighted by molar-refractivity contribution is 14.0. The molecular formula is C21H35F2IN6. The first-order valence-electron chi connectivity index (χ1n) is 10.6. The lowest BCUT2D eigenvalue weighted by Gasteiger charge is -2.37. The summed E-state index contributed by atoms with van der Waals surface area (Å²) >= 11 is 0. The van der Waals surface area contributed by atoms with E-state index in [2.05, 4.69) is 39.3 Å². The van der Waals surface area contributed by atoms with Crippen molar-refractivity contribution < 1.29 is 8.78 Å². The average molecular weight is 536 g/mol. The second kappa shape index (κ2) is 12.0. The van der Waals surface area contributed by atoms with Crippen LogP contribution in [0.25, 0.3) is 0 Å². The summed E-state index contributed by atoms with van der Waals surface area (Å²) < 4.78 is 28.1. The Morgan fingerprint density at radius 3 is 2.43 bits per heavy atom. The summed E-state index contributed by atoms with van der Waals surface area (Å²) in [7, 11) is 1.75. The van der Waals surface area contributed by atoms with Gasteiger partial charge in [0.15, 0.2) is 5.96 Å². The number of para-hydroxylation sites is 1. The molecule has 2 N–H and O–H groups in total. The van der Waals surface area contributed by atoms with Gasteiger partial charge in [0.25, 0.3) is 0 Å². The summed E-state index contributed by atoms with van der Waals surface area (Å²) in [5, 5.41) is 6.82. The van der Waals surface area contributed by atoms with Gasteiger partial charge in [-0.3, -0.25) is 9.89 Å². The molecule has 1 aromatic rings. The number of nitrogens with zero attached hydrogens (tertiary/aromatic N) is 4. The molecule has 2 heterocycles. The summed E-state index contributed by atoms with van der Waals surface area (Å²) in [6.45, 7) is 12.0. The topological polar surface area (TPSA) is 46.1 Å². The molecule has 0 saturated carbocycles. The average Bonchev–Trinajstić information content (AvgIpc) is 3.18.